The summed E-state index contributed by atoms with van der Waals surface area (Å²) in [5, 5.41) is 2.89. The highest BCUT2D eigenvalue weighted by molar-refractivity contribution is 6.04. The number of rotatable bonds is 5. The molecule has 25 heavy (non-hydrogen) atoms. The van der Waals surface area contributed by atoms with Crippen molar-refractivity contribution in [3.63, 3.8) is 0 Å². The maximum atomic E-state index is 12.6. The fourth-order valence-electron chi connectivity index (χ4n) is 3.10. The third-order valence-corrected chi connectivity index (χ3v) is 4.50. The maximum Gasteiger partial charge on any atom is 0.255 e. The summed E-state index contributed by atoms with van der Waals surface area (Å²) in [6.45, 7) is 0. The number of nitrogens with two attached hydrogens (primary N) is 1. The lowest BCUT2D eigenvalue weighted by Crippen LogP contribution is -2.34. The average molecular weight is 349 g/mol. The number of nitrogens with one attached hydrogen (secondary N) is 1. The van der Waals surface area contributed by atoms with Gasteiger partial charge in [-0.15, -0.1) is 0 Å². The summed E-state index contributed by atoms with van der Waals surface area (Å²) in [4.78, 5) is 26.6. The lowest BCUT2D eigenvalue weighted by molar-refractivity contribution is -0.120. The summed E-state index contributed by atoms with van der Waals surface area (Å²) in [6, 6.07) is 3.26. The second-order valence-corrected chi connectivity index (χ2v) is 6.57. The van der Waals surface area contributed by atoms with Gasteiger partial charge in [0.25, 0.3) is 5.91 Å². The molecule has 1 aromatic carbocycles. The molecule has 1 saturated carbocycles. The lowest BCUT2D eigenvalue weighted by atomic mass is 9.85. The van der Waals surface area contributed by atoms with Crippen LogP contribution < -0.4 is 20.5 Å². The Balaban J connectivity index is 2.33. The molecule has 0 saturated heterocycles. The van der Waals surface area contributed by atoms with Crippen molar-refractivity contribution in [2.24, 2.45) is 11.7 Å². The Labute approximate surface area is 148 Å². The van der Waals surface area contributed by atoms with Crippen LogP contribution in [0.4, 0.5) is 5.69 Å². The number of benzene rings is 1. The molecule has 7 nitrogen and oxygen atoms in total. The number of anilines is 1. The van der Waals surface area contributed by atoms with Crippen molar-refractivity contribution < 1.29 is 19.1 Å². The van der Waals surface area contributed by atoms with Crippen LogP contribution in [0.1, 0.15) is 36.0 Å². The van der Waals surface area contributed by atoms with Gasteiger partial charge < -0.3 is 25.4 Å². The van der Waals surface area contributed by atoms with Crippen molar-refractivity contribution in [3.8, 4) is 11.5 Å². The smallest absolute Gasteiger partial charge is 0.255 e. The molecule has 0 aliphatic heterocycles. The highest BCUT2D eigenvalue weighted by atomic mass is 16.5. The fourth-order valence-corrected chi connectivity index (χ4v) is 3.10. The predicted molar refractivity (Wildman–Crippen MR) is 96.1 cm³/mol. The van der Waals surface area contributed by atoms with Gasteiger partial charge in [0, 0.05) is 32.1 Å². The molecule has 0 radical (unpaired) electrons. The molecular formula is C18H27N3O4. The largest absolute Gasteiger partial charge is 0.493 e. The van der Waals surface area contributed by atoms with Crippen LogP contribution in [0.2, 0.25) is 0 Å². The number of nitrogens with zero attached hydrogens (tertiary/aromatic N) is 1. The summed E-state index contributed by atoms with van der Waals surface area (Å²) in [6.07, 6.45) is 3.36. The first-order chi connectivity index (χ1) is 11.9. The zero-order valence-electron chi connectivity index (χ0n) is 15.3. The van der Waals surface area contributed by atoms with Crippen LogP contribution in [0.25, 0.3) is 0 Å². The monoisotopic (exact) mass is 349 g/mol. The van der Waals surface area contributed by atoms with Crippen LogP contribution in [0.15, 0.2) is 12.1 Å². The zero-order chi connectivity index (χ0) is 18.6. The number of amides is 2. The molecule has 0 heterocycles. The first-order valence-electron chi connectivity index (χ1n) is 8.41. The van der Waals surface area contributed by atoms with Crippen molar-refractivity contribution in [2.45, 2.75) is 31.7 Å². The first kappa shape index (κ1) is 19.1. The van der Waals surface area contributed by atoms with E-state index in [-0.39, 0.29) is 23.8 Å². The van der Waals surface area contributed by atoms with E-state index in [4.69, 9.17) is 15.2 Å². The molecule has 1 aromatic rings. The van der Waals surface area contributed by atoms with Gasteiger partial charge >= 0.3 is 0 Å². The predicted octanol–water partition coefficient (Wildman–Crippen LogP) is 1.86. The molecule has 3 N–H and O–H groups in total. The van der Waals surface area contributed by atoms with Crippen LogP contribution in [0, 0.1) is 5.92 Å². The van der Waals surface area contributed by atoms with Gasteiger partial charge in [-0.1, -0.05) is 6.42 Å². The van der Waals surface area contributed by atoms with E-state index in [1.54, 1.807) is 26.2 Å². The zero-order valence-corrected chi connectivity index (χ0v) is 15.3. The molecule has 2 unspecified atom stereocenters. The van der Waals surface area contributed by atoms with Gasteiger partial charge in [-0.25, -0.2) is 0 Å². The van der Waals surface area contributed by atoms with E-state index in [9.17, 15) is 9.59 Å². The standard InChI is InChI=1S/C18H27N3O4/c1-21(2)18(23)13-9-15(24-3)16(25-4)10-14(13)20-17(22)11-6-5-7-12(19)8-11/h9-12H,5-8,19H2,1-4H3,(H,20,22). The van der Waals surface area contributed by atoms with Gasteiger partial charge in [0.2, 0.25) is 5.91 Å². The van der Waals surface area contributed by atoms with Gasteiger partial charge in [0.15, 0.2) is 11.5 Å². The molecule has 7 heteroatoms. The van der Waals surface area contributed by atoms with E-state index in [0.717, 1.165) is 19.3 Å². The average Bonchev–Trinajstić information content (AvgIpc) is 2.60. The van der Waals surface area contributed by atoms with Crippen LogP contribution in [-0.4, -0.2) is 51.1 Å². The number of carbonyl (C=O) groups is 2. The molecule has 138 valence electrons. The quantitative estimate of drug-likeness (QED) is 0.846. The Kier molecular flexibility index (Phi) is 6.25. The topological polar surface area (TPSA) is 93.9 Å². The van der Waals surface area contributed by atoms with Crippen molar-refractivity contribution in [1.82, 2.24) is 4.90 Å². The maximum absolute atomic E-state index is 12.6. The minimum atomic E-state index is -0.225. The Morgan fingerprint density at radius 3 is 2.36 bits per heavy atom. The first-order valence-corrected chi connectivity index (χ1v) is 8.41. The third kappa shape index (κ3) is 4.42. The van der Waals surface area contributed by atoms with Crippen molar-refractivity contribution >= 4 is 17.5 Å². The van der Waals surface area contributed by atoms with E-state index in [1.807, 2.05) is 0 Å². The van der Waals surface area contributed by atoms with E-state index < -0.39 is 0 Å². The van der Waals surface area contributed by atoms with Crippen LogP contribution in [0.5, 0.6) is 11.5 Å². The molecule has 0 aromatic heterocycles. The van der Waals surface area contributed by atoms with Gasteiger partial charge in [-0.2, -0.15) is 0 Å². The second kappa shape index (κ2) is 8.20. The number of methoxy groups -OCH3 is 2. The number of carbonyl (C=O) groups excluding carboxylic acids is 2. The SMILES string of the molecule is COc1cc(NC(=O)C2CCCC(N)C2)c(C(=O)N(C)C)cc1OC. The molecule has 1 aliphatic carbocycles. The van der Waals surface area contributed by atoms with Gasteiger partial charge in [-0.05, 0) is 25.3 Å². The number of hydrogen-bond donors (Lipinski definition) is 2. The summed E-state index contributed by atoms with van der Waals surface area (Å²) in [7, 11) is 6.33. The fraction of sp³-hybridized carbons (Fsp3) is 0.556. The van der Waals surface area contributed by atoms with Crippen molar-refractivity contribution in [1.29, 1.82) is 0 Å². The Morgan fingerprint density at radius 2 is 1.80 bits per heavy atom. The summed E-state index contributed by atoms with van der Waals surface area (Å²) >= 11 is 0. The number of ether oxygens (including phenoxy) is 2. The molecule has 2 rings (SSSR count). The minimum Gasteiger partial charge on any atom is -0.493 e. The van der Waals surface area contributed by atoms with Crippen LogP contribution in [0.3, 0.4) is 0 Å². The molecule has 0 bridgehead atoms. The van der Waals surface area contributed by atoms with E-state index >= 15 is 0 Å². The van der Waals surface area contributed by atoms with Gasteiger partial charge in [0.1, 0.15) is 0 Å². The highest BCUT2D eigenvalue weighted by Crippen LogP contribution is 2.34. The van der Waals surface area contributed by atoms with E-state index in [1.165, 1.54) is 19.1 Å². The van der Waals surface area contributed by atoms with Crippen LogP contribution >= 0.6 is 0 Å². The Hall–Kier alpha value is -2.28. The van der Waals surface area contributed by atoms with Crippen molar-refractivity contribution in [2.75, 3.05) is 33.6 Å². The molecule has 2 atom stereocenters. The van der Waals surface area contributed by atoms with Gasteiger partial charge in [-0.3, -0.25) is 9.59 Å². The summed E-state index contributed by atoms with van der Waals surface area (Å²) in [5.74, 6) is 0.407. The Bertz CT molecular complexity index is 645. The summed E-state index contributed by atoms with van der Waals surface area (Å²) < 4.78 is 10.6. The van der Waals surface area contributed by atoms with Gasteiger partial charge in [0.05, 0.1) is 25.5 Å². The number of hydrogen-bond acceptors (Lipinski definition) is 5. The lowest BCUT2D eigenvalue weighted by Gasteiger charge is -2.26. The third-order valence-electron chi connectivity index (χ3n) is 4.50. The molecule has 2 amide bonds. The molecule has 1 fully saturated rings. The van der Waals surface area contributed by atoms with E-state index in [0.29, 0.717) is 29.2 Å². The Morgan fingerprint density at radius 1 is 1.16 bits per heavy atom. The molecular weight excluding hydrogens is 322 g/mol. The normalized spacial score (nSPS) is 19.9. The highest BCUT2D eigenvalue weighted by Gasteiger charge is 2.27. The van der Waals surface area contributed by atoms with E-state index in [2.05, 4.69) is 5.32 Å². The van der Waals surface area contributed by atoms with Crippen molar-refractivity contribution in [3.05, 3.63) is 17.7 Å². The minimum absolute atomic E-state index is 0.0535. The van der Waals surface area contributed by atoms with Crippen LogP contribution in [-0.2, 0) is 4.79 Å². The summed E-state index contributed by atoms with van der Waals surface area (Å²) in [5.41, 5.74) is 6.76. The second-order valence-electron chi connectivity index (χ2n) is 6.57. The molecule has 1 aliphatic rings. The molecule has 0 spiro atoms.